The predicted octanol–water partition coefficient (Wildman–Crippen LogP) is 3.04. The number of hydrogen-bond donors (Lipinski definition) is 1. The van der Waals surface area contributed by atoms with Gasteiger partial charge >= 0.3 is 0 Å². The van der Waals surface area contributed by atoms with E-state index >= 15 is 0 Å². The number of ether oxygens (including phenoxy) is 1. The van der Waals surface area contributed by atoms with Gasteiger partial charge in [0.25, 0.3) is 0 Å². The van der Waals surface area contributed by atoms with Crippen LogP contribution in [0.2, 0.25) is 0 Å². The van der Waals surface area contributed by atoms with Gasteiger partial charge in [-0.2, -0.15) is 0 Å². The van der Waals surface area contributed by atoms with E-state index in [0.717, 1.165) is 50.4 Å². The minimum atomic E-state index is 0.789. The van der Waals surface area contributed by atoms with Gasteiger partial charge in [0.1, 0.15) is 6.61 Å². The van der Waals surface area contributed by atoms with Gasteiger partial charge in [0.2, 0.25) is 0 Å². The third-order valence-electron chi connectivity index (χ3n) is 1.74. The fourth-order valence-corrected chi connectivity index (χ4v) is 1.12. The van der Waals surface area contributed by atoms with Gasteiger partial charge in [0.15, 0.2) is 5.90 Å². The molecule has 0 radical (unpaired) electrons. The summed E-state index contributed by atoms with van der Waals surface area (Å²) < 4.78 is 5.14. The lowest BCUT2D eigenvalue weighted by Gasteiger charge is -1.95. The van der Waals surface area contributed by atoms with Crippen LogP contribution < -0.4 is 0 Å². The van der Waals surface area contributed by atoms with Crippen molar-refractivity contribution in [1.82, 2.24) is 0 Å². The Labute approximate surface area is 87.1 Å². The summed E-state index contributed by atoms with van der Waals surface area (Å²) in [5, 5.41) is 6.89. The average molecular weight is 198 g/mol. The fraction of sp³-hybridized carbons (Fsp3) is 0.818. The summed E-state index contributed by atoms with van der Waals surface area (Å²) in [6, 6.07) is 0. The summed E-state index contributed by atoms with van der Waals surface area (Å²) in [4.78, 5) is 4.12. The topological polar surface area (TPSA) is 45.4 Å². The van der Waals surface area contributed by atoms with Gasteiger partial charge in [-0.25, -0.2) is 0 Å². The van der Waals surface area contributed by atoms with E-state index in [1.165, 1.54) is 0 Å². The van der Waals surface area contributed by atoms with Crippen LogP contribution in [0.15, 0.2) is 4.99 Å². The molecular weight excluding hydrogens is 176 g/mol. The molecule has 1 aliphatic heterocycles. The number of nitrogens with one attached hydrogen (secondary N) is 1. The standard InChI is InChI=1S/C6H11NO.C5H11N/c1-2-3-6-7-4-5-8-6;1-3-4-5(2)6/h2-5H2,1H3;6H,3-4H2,1-2H3. The zero-order chi connectivity index (χ0) is 10.8. The van der Waals surface area contributed by atoms with Crippen molar-refractivity contribution >= 4 is 11.6 Å². The summed E-state index contributed by atoms with van der Waals surface area (Å²) in [5.41, 5.74) is 0.789. The van der Waals surface area contributed by atoms with E-state index in [4.69, 9.17) is 10.1 Å². The first kappa shape index (κ1) is 13.1. The summed E-state index contributed by atoms with van der Waals surface area (Å²) in [6.45, 7) is 7.72. The quantitative estimate of drug-likeness (QED) is 0.693. The van der Waals surface area contributed by atoms with Crippen LogP contribution in [-0.2, 0) is 4.74 Å². The van der Waals surface area contributed by atoms with Crippen molar-refractivity contribution in [3.05, 3.63) is 0 Å². The maximum Gasteiger partial charge on any atom is 0.183 e. The number of aliphatic imine (C=N–C) groups is 1. The van der Waals surface area contributed by atoms with Crippen LogP contribution in [0.1, 0.15) is 46.5 Å². The third-order valence-corrected chi connectivity index (χ3v) is 1.74. The van der Waals surface area contributed by atoms with Gasteiger partial charge in [-0.1, -0.05) is 20.3 Å². The second-order valence-electron chi connectivity index (χ2n) is 3.40. The first-order valence-corrected chi connectivity index (χ1v) is 5.40. The molecule has 0 aromatic rings. The Bertz CT molecular complexity index is 188. The molecule has 0 aliphatic carbocycles. The normalized spacial score (nSPS) is 13.8. The van der Waals surface area contributed by atoms with Crippen molar-refractivity contribution in [3.8, 4) is 0 Å². The Balaban J connectivity index is 0.000000255. The maximum absolute atomic E-state index is 6.89. The highest BCUT2D eigenvalue weighted by Crippen LogP contribution is 1.99. The highest BCUT2D eigenvalue weighted by Gasteiger charge is 2.03. The van der Waals surface area contributed by atoms with Gasteiger partial charge in [-0.15, -0.1) is 0 Å². The number of hydrogen-bond acceptors (Lipinski definition) is 3. The molecule has 3 nitrogen and oxygen atoms in total. The highest BCUT2D eigenvalue weighted by atomic mass is 16.5. The van der Waals surface area contributed by atoms with Crippen LogP contribution in [0, 0.1) is 5.41 Å². The molecule has 0 saturated carbocycles. The van der Waals surface area contributed by atoms with Gasteiger partial charge in [-0.3, -0.25) is 4.99 Å². The van der Waals surface area contributed by atoms with Crippen molar-refractivity contribution in [2.45, 2.75) is 46.5 Å². The summed E-state index contributed by atoms with van der Waals surface area (Å²) in [5.74, 6) is 0.951. The van der Waals surface area contributed by atoms with E-state index in [-0.39, 0.29) is 0 Å². The summed E-state index contributed by atoms with van der Waals surface area (Å²) >= 11 is 0. The minimum absolute atomic E-state index is 0.789. The first-order chi connectivity index (χ1) is 6.70. The number of nitrogens with zero attached hydrogens (tertiary/aromatic N) is 1. The summed E-state index contributed by atoms with van der Waals surface area (Å²) in [6.07, 6.45) is 4.22. The van der Waals surface area contributed by atoms with Crippen molar-refractivity contribution < 1.29 is 4.74 Å². The molecule has 82 valence electrons. The molecule has 1 N–H and O–H groups in total. The molecule has 0 aromatic carbocycles. The van der Waals surface area contributed by atoms with Gasteiger partial charge in [0.05, 0.1) is 6.54 Å². The van der Waals surface area contributed by atoms with Gasteiger partial charge < -0.3 is 10.1 Å². The van der Waals surface area contributed by atoms with E-state index < -0.39 is 0 Å². The van der Waals surface area contributed by atoms with Gasteiger partial charge in [-0.05, 0) is 19.8 Å². The van der Waals surface area contributed by atoms with Crippen LogP contribution >= 0.6 is 0 Å². The Morgan fingerprint density at radius 2 is 2.14 bits per heavy atom. The van der Waals surface area contributed by atoms with E-state index in [9.17, 15) is 0 Å². The fourth-order valence-electron chi connectivity index (χ4n) is 1.12. The van der Waals surface area contributed by atoms with E-state index in [2.05, 4.69) is 18.8 Å². The Morgan fingerprint density at radius 3 is 2.43 bits per heavy atom. The lowest BCUT2D eigenvalue weighted by molar-refractivity contribution is 0.338. The van der Waals surface area contributed by atoms with Crippen LogP contribution in [0.3, 0.4) is 0 Å². The van der Waals surface area contributed by atoms with E-state index in [1.54, 1.807) is 0 Å². The van der Waals surface area contributed by atoms with E-state index in [0.29, 0.717) is 0 Å². The SMILES string of the molecule is CCCC(C)=N.CCCC1=NCCO1. The molecule has 0 spiro atoms. The lowest BCUT2D eigenvalue weighted by atomic mass is 10.2. The predicted molar refractivity (Wildman–Crippen MR) is 61.5 cm³/mol. The molecule has 1 heterocycles. The maximum atomic E-state index is 6.89. The molecular formula is C11H22N2O. The Kier molecular flexibility index (Phi) is 8.19. The van der Waals surface area contributed by atoms with Crippen LogP contribution in [0.4, 0.5) is 0 Å². The highest BCUT2D eigenvalue weighted by molar-refractivity contribution is 5.78. The van der Waals surface area contributed by atoms with Crippen molar-refractivity contribution in [2.75, 3.05) is 13.2 Å². The largest absolute Gasteiger partial charge is 0.479 e. The minimum Gasteiger partial charge on any atom is -0.479 e. The van der Waals surface area contributed by atoms with Crippen molar-refractivity contribution in [2.24, 2.45) is 4.99 Å². The molecule has 1 aliphatic rings. The molecule has 1 rings (SSSR count). The number of rotatable bonds is 4. The molecule has 14 heavy (non-hydrogen) atoms. The summed E-state index contributed by atoms with van der Waals surface area (Å²) in [7, 11) is 0. The second kappa shape index (κ2) is 8.73. The molecule has 0 bridgehead atoms. The van der Waals surface area contributed by atoms with Gasteiger partial charge in [0, 0.05) is 12.1 Å². The third kappa shape index (κ3) is 7.77. The zero-order valence-electron chi connectivity index (χ0n) is 9.60. The monoisotopic (exact) mass is 198 g/mol. The Hall–Kier alpha value is -0.860. The van der Waals surface area contributed by atoms with E-state index in [1.807, 2.05) is 6.92 Å². The molecule has 0 atom stereocenters. The molecule has 0 saturated heterocycles. The molecule has 0 fully saturated rings. The Morgan fingerprint density at radius 1 is 1.43 bits per heavy atom. The average Bonchev–Trinajstić information content (AvgIpc) is 2.58. The first-order valence-electron chi connectivity index (χ1n) is 5.40. The van der Waals surface area contributed by atoms with Crippen LogP contribution in [-0.4, -0.2) is 24.8 Å². The molecule has 3 heteroatoms. The zero-order valence-corrected chi connectivity index (χ0v) is 9.60. The lowest BCUT2D eigenvalue weighted by Crippen LogP contribution is -1.96. The smallest absolute Gasteiger partial charge is 0.183 e. The molecule has 0 unspecified atom stereocenters. The molecule has 0 amide bonds. The van der Waals surface area contributed by atoms with Crippen molar-refractivity contribution in [1.29, 1.82) is 5.41 Å². The second-order valence-corrected chi connectivity index (χ2v) is 3.40. The van der Waals surface area contributed by atoms with Crippen molar-refractivity contribution in [3.63, 3.8) is 0 Å². The molecule has 0 aromatic heterocycles. The van der Waals surface area contributed by atoms with Crippen LogP contribution in [0.25, 0.3) is 0 Å². The van der Waals surface area contributed by atoms with Crippen LogP contribution in [0.5, 0.6) is 0 Å².